The Bertz CT molecular complexity index is 1310. The highest BCUT2D eigenvalue weighted by Crippen LogP contribution is 2.24. The number of carbonyl (C=O) groups is 1. The summed E-state index contributed by atoms with van der Waals surface area (Å²) < 4.78 is 47.7. The van der Waals surface area contributed by atoms with Gasteiger partial charge in [-0.2, -0.15) is 0 Å². The number of hydrogen-bond acceptors (Lipinski definition) is 6. The van der Waals surface area contributed by atoms with E-state index < -0.39 is 18.4 Å². The maximum atomic E-state index is 12.3. The molecule has 7 nitrogen and oxygen atoms in total. The monoisotopic (exact) mass is 502 g/mol. The molecule has 1 atom stereocenters. The number of pyridine rings is 1. The number of hydrogen-bond donors (Lipinski definition) is 0. The standard InChI is InChI=1S/C24H18ClF3N4O3/c1-15(20-3-2-4-21(25)30-20)34-22(33)13-16-5-7-17(8-6-16)23-29-14-32(31-23)18-9-11-19(12-10-18)35-24(26,27)28/h2-12,14-15H,13H2,1H3. The van der Waals surface area contributed by atoms with Crippen LogP contribution in [-0.2, 0) is 16.0 Å². The lowest BCUT2D eigenvalue weighted by Crippen LogP contribution is -2.17. The first-order valence-electron chi connectivity index (χ1n) is 10.4. The fourth-order valence-corrected chi connectivity index (χ4v) is 3.38. The predicted octanol–water partition coefficient (Wildman–Crippen LogP) is 5.73. The van der Waals surface area contributed by atoms with Gasteiger partial charge in [-0.25, -0.2) is 14.6 Å². The summed E-state index contributed by atoms with van der Waals surface area (Å²) in [7, 11) is 0. The van der Waals surface area contributed by atoms with Crippen molar-refractivity contribution >= 4 is 17.6 Å². The Morgan fingerprint density at radius 3 is 2.43 bits per heavy atom. The van der Waals surface area contributed by atoms with Crippen molar-refractivity contribution in [3.63, 3.8) is 0 Å². The van der Waals surface area contributed by atoms with E-state index in [-0.39, 0.29) is 12.2 Å². The summed E-state index contributed by atoms with van der Waals surface area (Å²) in [6.07, 6.45) is -3.77. The van der Waals surface area contributed by atoms with Crippen molar-refractivity contribution in [2.45, 2.75) is 25.8 Å². The van der Waals surface area contributed by atoms with E-state index in [1.54, 1.807) is 49.4 Å². The van der Waals surface area contributed by atoms with Gasteiger partial charge in [0.15, 0.2) is 5.82 Å². The highest BCUT2D eigenvalue weighted by molar-refractivity contribution is 6.29. The van der Waals surface area contributed by atoms with Gasteiger partial charge in [0, 0.05) is 5.56 Å². The van der Waals surface area contributed by atoms with E-state index in [0.29, 0.717) is 27.9 Å². The molecule has 2 aromatic carbocycles. The van der Waals surface area contributed by atoms with Crippen LogP contribution in [-0.4, -0.2) is 32.1 Å². The molecule has 2 aromatic heterocycles. The zero-order chi connectivity index (χ0) is 25.0. The number of rotatable bonds is 7. The first-order chi connectivity index (χ1) is 16.7. The minimum Gasteiger partial charge on any atom is -0.456 e. The van der Waals surface area contributed by atoms with E-state index >= 15 is 0 Å². The average Bonchev–Trinajstić information content (AvgIpc) is 3.29. The van der Waals surface area contributed by atoms with Crippen LogP contribution in [0.25, 0.3) is 17.1 Å². The first kappa shape index (κ1) is 24.2. The SMILES string of the molecule is CC(OC(=O)Cc1ccc(-c2ncn(-c3ccc(OC(F)(F)F)cc3)n2)cc1)c1cccc(Cl)n1. The van der Waals surface area contributed by atoms with Gasteiger partial charge < -0.3 is 9.47 Å². The van der Waals surface area contributed by atoms with Crippen molar-refractivity contribution in [1.29, 1.82) is 0 Å². The smallest absolute Gasteiger partial charge is 0.456 e. The summed E-state index contributed by atoms with van der Waals surface area (Å²) in [5.74, 6) is -0.322. The van der Waals surface area contributed by atoms with E-state index in [4.69, 9.17) is 16.3 Å². The van der Waals surface area contributed by atoms with Gasteiger partial charge in [0.1, 0.15) is 23.3 Å². The zero-order valence-corrected chi connectivity index (χ0v) is 19.0. The number of carbonyl (C=O) groups excluding carboxylic acids is 1. The van der Waals surface area contributed by atoms with E-state index in [0.717, 1.165) is 5.56 Å². The fraction of sp³-hybridized carbons (Fsp3) is 0.167. The van der Waals surface area contributed by atoms with Crippen molar-refractivity contribution in [3.8, 4) is 22.8 Å². The summed E-state index contributed by atoms with van der Waals surface area (Å²) in [6, 6.07) is 17.4. The van der Waals surface area contributed by atoms with Crippen LogP contribution >= 0.6 is 11.6 Å². The van der Waals surface area contributed by atoms with Gasteiger partial charge in [-0.1, -0.05) is 41.9 Å². The summed E-state index contributed by atoms with van der Waals surface area (Å²) in [5, 5.41) is 4.68. The number of alkyl halides is 3. The molecule has 0 spiro atoms. The molecule has 0 N–H and O–H groups in total. The summed E-state index contributed by atoms with van der Waals surface area (Å²) in [6.45, 7) is 1.72. The second kappa shape index (κ2) is 10.1. The van der Waals surface area contributed by atoms with Crippen molar-refractivity contribution in [2.75, 3.05) is 0 Å². The van der Waals surface area contributed by atoms with E-state index in [2.05, 4.69) is 19.8 Å². The highest BCUT2D eigenvalue weighted by Gasteiger charge is 2.31. The Labute approximate surface area is 203 Å². The Morgan fingerprint density at radius 1 is 1.06 bits per heavy atom. The van der Waals surface area contributed by atoms with Crippen molar-refractivity contribution in [1.82, 2.24) is 19.7 Å². The predicted molar refractivity (Wildman–Crippen MR) is 121 cm³/mol. The molecule has 0 fully saturated rings. The van der Waals surface area contributed by atoms with E-state index in [9.17, 15) is 18.0 Å². The molecule has 0 aliphatic heterocycles. The fourth-order valence-electron chi connectivity index (χ4n) is 3.21. The van der Waals surface area contributed by atoms with Gasteiger partial charge in [0.05, 0.1) is 17.8 Å². The van der Waals surface area contributed by atoms with Crippen molar-refractivity contribution < 1.29 is 27.4 Å². The topological polar surface area (TPSA) is 79.1 Å². The lowest BCUT2D eigenvalue weighted by atomic mass is 10.1. The molecule has 4 aromatic rings. The Morgan fingerprint density at radius 2 is 1.77 bits per heavy atom. The molecule has 35 heavy (non-hydrogen) atoms. The molecule has 0 aliphatic rings. The van der Waals surface area contributed by atoms with Crippen molar-refractivity contribution in [2.24, 2.45) is 0 Å². The number of esters is 1. The highest BCUT2D eigenvalue weighted by atomic mass is 35.5. The van der Waals surface area contributed by atoms with Crippen LogP contribution < -0.4 is 4.74 Å². The molecular weight excluding hydrogens is 485 g/mol. The van der Waals surface area contributed by atoms with Crippen molar-refractivity contribution in [3.05, 3.63) is 89.5 Å². The van der Waals surface area contributed by atoms with E-state index in [1.807, 2.05) is 0 Å². The molecule has 0 amide bonds. The van der Waals surface area contributed by atoms with Crippen LogP contribution in [0.1, 0.15) is 24.3 Å². The molecule has 0 bridgehead atoms. The zero-order valence-electron chi connectivity index (χ0n) is 18.2. The van der Waals surface area contributed by atoms with Crippen LogP contribution in [0.3, 0.4) is 0 Å². The molecule has 4 rings (SSSR count). The van der Waals surface area contributed by atoms with E-state index in [1.165, 1.54) is 35.3 Å². The molecular formula is C24H18ClF3N4O3. The third-order valence-corrected chi connectivity index (χ3v) is 5.06. The lowest BCUT2D eigenvalue weighted by Gasteiger charge is -2.13. The van der Waals surface area contributed by atoms with Gasteiger partial charge >= 0.3 is 12.3 Å². The third kappa shape index (κ3) is 6.57. The summed E-state index contributed by atoms with van der Waals surface area (Å²) in [4.78, 5) is 20.7. The van der Waals surface area contributed by atoms with Gasteiger partial charge in [-0.05, 0) is 48.9 Å². The normalized spacial score (nSPS) is 12.3. The molecule has 1 unspecified atom stereocenters. The minimum atomic E-state index is -4.75. The third-order valence-electron chi connectivity index (χ3n) is 4.85. The Kier molecular flexibility index (Phi) is 7.02. The number of benzene rings is 2. The number of nitrogens with zero attached hydrogens (tertiary/aromatic N) is 4. The molecule has 11 heteroatoms. The number of aromatic nitrogens is 4. The Balaban J connectivity index is 1.37. The minimum absolute atomic E-state index is 0.0688. The first-order valence-corrected chi connectivity index (χ1v) is 10.7. The summed E-state index contributed by atoms with van der Waals surface area (Å²) >= 11 is 5.88. The van der Waals surface area contributed by atoms with Gasteiger partial charge in [0.25, 0.3) is 0 Å². The molecule has 0 aliphatic carbocycles. The second-order valence-corrected chi connectivity index (χ2v) is 7.83. The molecule has 0 saturated carbocycles. The second-order valence-electron chi connectivity index (χ2n) is 7.45. The molecule has 0 saturated heterocycles. The van der Waals surface area contributed by atoms with Crippen LogP contribution in [0.4, 0.5) is 13.2 Å². The maximum Gasteiger partial charge on any atom is 0.573 e. The maximum absolute atomic E-state index is 12.3. The summed E-state index contributed by atoms with van der Waals surface area (Å²) in [5.41, 5.74) is 2.52. The average molecular weight is 503 g/mol. The van der Waals surface area contributed by atoms with Gasteiger partial charge in [0.2, 0.25) is 0 Å². The number of halogens is 4. The van der Waals surface area contributed by atoms with Gasteiger partial charge in [-0.3, -0.25) is 4.79 Å². The Hall–Kier alpha value is -3.92. The van der Waals surface area contributed by atoms with Crippen LogP contribution in [0.2, 0.25) is 5.15 Å². The van der Waals surface area contributed by atoms with Gasteiger partial charge in [-0.15, -0.1) is 18.3 Å². The van der Waals surface area contributed by atoms with Crippen LogP contribution in [0.5, 0.6) is 5.75 Å². The molecule has 2 heterocycles. The lowest BCUT2D eigenvalue weighted by molar-refractivity contribution is -0.274. The van der Waals surface area contributed by atoms with Crippen LogP contribution in [0, 0.1) is 0 Å². The molecule has 0 radical (unpaired) electrons. The largest absolute Gasteiger partial charge is 0.573 e. The molecule has 180 valence electrons. The van der Waals surface area contributed by atoms with Crippen LogP contribution in [0.15, 0.2) is 73.1 Å². The number of ether oxygens (including phenoxy) is 2. The quantitative estimate of drug-likeness (QED) is 0.237.